The lowest BCUT2D eigenvalue weighted by atomic mass is 9.99. The number of ether oxygens (including phenoxy) is 1. The molecule has 0 aliphatic rings. The second kappa shape index (κ2) is 5.66. The van der Waals surface area contributed by atoms with Gasteiger partial charge in [0, 0.05) is 6.42 Å². The molecule has 0 aliphatic heterocycles. The summed E-state index contributed by atoms with van der Waals surface area (Å²) in [5.41, 5.74) is 2.07. The van der Waals surface area contributed by atoms with Crippen molar-refractivity contribution in [1.82, 2.24) is 0 Å². The Balaban J connectivity index is 3.04. The van der Waals surface area contributed by atoms with Crippen molar-refractivity contribution < 1.29 is 14.3 Å². The number of hydrogen-bond acceptors (Lipinski definition) is 3. The molecular formula is C12H13ClO3. The molecule has 1 aromatic carbocycles. The first-order valence-corrected chi connectivity index (χ1v) is 5.38. The Kier molecular flexibility index (Phi) is 4.50. The van der Waals surface area contributed by atoms with Crippen molar-refractivity contribution in [3.63, 3.8) is 0 Å². The summed E-state index contributed by atoms with van der Waals surface area (Å²) in [6, 6.07) is 5.22. The molecule has 0 N–H and O–H groups in total. The van der Waals surface area contributed by atoms with Gasteiger partial charge in [-0.25, -0.2) is 4.79 Å². The Morgan fingerprint density at radius 3 is 2.62 bits per heavy atom. The van der Waals surface area contributed by atoms with Crippen LogP contribution in [0.15, 0.2) is 18.2 Å². The molecule has 0 spiro atoms. The van der Waals surface area contributed by atoms with Crippen molar-refractivity contribution in [2.75, 3.05) is 13.0 Å². The normalized spacial score (nSPS) is 9.94. The summed E-state index contributed by atoms with van der Waals surface area (Å²) >= 11 is 5.44. The molecule has 0 atom stereocenters. The lowest BCUT2D eigenvalue weighted by molar-refractivity contribution is -0.116. The van der Waals surface area contributed by atoms with Gasteiger partial charge in [0.15, 0.2) is 5.78 Å². The van der Waals surface area contributed by atoms with Crippen LogP contribution in [0.2, 0.25) is 0 Å². The van der Waals surface area contributed by atoms with Crippen molar-refractivity contribution in [2.24, 2.45) is 0 Å². The molecular weight excluding hydrogens is 228 g/mol. The highest BCUT2D eigenvalue weighted by atomic mass is 35.5. The van der Waals surface area contributed by atoms with Crippen LogP contribution in [0.3, 0.4) is 0 Å². The quantitative estimate of drug-likeness (QED) is 0.598. The van der Waals surface area contributed by atoms with Crippen molar-refractivity contribution in [3.8, 4) is 0 Å². The van der Waals surface area contributed by atoms with Crippen LogP contribution in [-0.4, -0.2) is 24.7 Å². The smallest absolute Gasteiger partial charge is 0.338 e. The highest BCUT2D eigenvalue weighted by Gasteiger charge is 2.13. The summed E-state index contributed by atoms with van der Waals surface area (Å²) in [4.78, 5) is 22.6. The van der Waals surface area contributed by atoms with Gasteiger partial charge in [0.1, 0.15) is 0 Å². The number of halogens is 1. The van der Waals surface area contributed by atoms with Gasteiger partial charge in [0.25, 0.3) is 0 Å². The first kappa shape index (κ1) is 12.7. The van der Waals surface area contributed by atoms with E-state index >= 15 is 0 Å². The molecule has 86 valence electrons. The minimum absolute atomic E-state index is 0.0120. The van der Waals surface area contributed by atoms with E-state index in [1.807, 2.05) is 6.07 Å². The maximum Gasteiger partial charge on any atom is 0.338 e. The summed E-state index contributed by atoms with van der Waals surface area (Å²) in [5.74, 6) is -0.466. The zero-order valence-electron chi connectivity index (χ0n) is 9.25. The van der Waals surface area contributed by atoms with E-state index < -0.39 is 5.97 Å². The summed E-state index contributed by atoms with van der Waals surface area (Å²) in [5, 5.41) is 0. The predicted molar refractivity (Wildman–Crippen MR) is 61.9 cm³/mol. The number of benzene rings is 1. The molecule has 0 heterocycles. The Hall–Kier alpha value is -1.35. The number of hydrogen-bond donors (Lipinski definition) is 0. The zero-order chi connectivity index (χ0) is 12.1. The number of methoxy groups -OCH3 is 1. The Labute approximate surface area is 99.4 Å². The minimum Gasteiger partial charge on any atom is -0.465 e. The average molecular weight is 241 g/mol. The summed E-state index contributed by atoms with van der Waals surface area (Å²) < 4.78 is 4.65. The molecule has 0 aromatic heterocycles. The topological polar surface area (TPSA) is 43.4 Å². The molecule has 0 amide bonds. The van der Waals surface area contributed by atoms with Gasteiger partial charge in [-0.05, 0) is 24.1 Å². The van der Waals surface area contributed by atoms with Gasteiger partial charge in [-0.3, -0.25) is 4.79 Å². The maximum absolute atomic E-state index is 11.4. The van der Waals surface area contributed by atoms with Gasteiger partial charge in [0.05, 0.1) is 18.6 Å². The fourth-order valence-electron chi connectivity index (χ4n) is 1.47. The third-order valence-electron chi connectivity index (χ3n) is 2.39. The molecule has 4 heteroatoms. The highest BCUT2D eigenvalue weighted by Crippen LogP contribution is 2.15. The first-order valence-electron chi connectivity index (χ1n) is 4.84. The number of carbonyl (C=O) groups excluding carboxylic acids is 2. The van der Waals surface area contributed by atoms with Gasteiger partial charge in [-0.1, -0.05) is 12.1 Å². The third kappa shape index (κ3) is 2.83. The molecule has 0 bridgehead atoms. The van der Waals surface area contributed by atoms with E-state index in [4.69, 9.17) is 11.6 Å². The molecule has 0 saturated carbocycles. The second-order valence-electron chi connectivity index (χ2n) is 3.43. The van der Waals surface area contributed by atoms with Crippen LogP contribution in [0.4, 0.5) is 0 Å². The first-order chi connectivity index (χ1) is 7.60. The van der Waals surface area contributed by atoms with Crippen LogP contribution in [0, 0.1) is 6.92 Å². The van der Waals surface area contributed by atoms with Crippen LogP contribution in [0.25, 0.3) is 0 Å². The molecule has 0 radical (unpaired) electrons. The van der Waals surface area contributed by atoms with Gasteiger partial charge < -0.3 is 4.74 Å². The van der Waals surface area contributed by atoms with E-state index in [0.29, 0.717) is 5.56 Å². The largest absolute Gasteiger partial charge is 0.465 e. The van der Waals surface area contributed by atoms with Gasteiger partial charge in [-0.2, -0.15) is 0 Å². The van der Waals surface area contributed by atoms with Gasteiger partial charge >= 0.3 is 5.97 Å². The van der Waals surface area contributed by atoms with E-state index in [9.17, 15) is 9.59 Å². The Bertz CT molecular complexity index is 413. The van der Waals surface area contributed by atoms with E-state index in [-0.39, 0.29) is 18.1 Å². The Morgan fingerprint density at radius 2 is 2.06 bits per heavy atom. The van der Waals surface area contributed by atoms with E-state index in [0.717, 1.165) is 11.1 Å². The van der Waals surface area contributed by atoms with Crippen molar-refractivity contribution >= 4 is 23.4 Å². The standard InChI is InChI=1S/C12H13ClO3/c1-8-9(6-10(14)7-13)4-3-5-11(8)12(15)16-2/h3-5H,6-7H2,1-2H3. The minimum atomic E-state index is -0.391. The van der Waals surface area contributed by atoms with Crippen LogP contribution in [-0.2, 0) is 16.0 Å². The monoisotopic (exact) mass is 240 g/mol. The van der Waals surface area contributed by atoms with Crippen molar-refractivity contribution in [1.29, 1.82) is 0 Å². The molecule has 0 saturated heterocycles. The van der Waals surface area contributed by atoms with Crippen LogP contribution >= 0.6 is 11.6 Å². The molecule has 16 heavy (non-hydrogen) atoms. The average Bonchev–Trinajstić information content (AvgIpc) is 2.30. The molecule has 1 rings (SSSR count). The second-order valence-corrected chi connectivity index (χ2v) is 3.70. The molecule has 3 nitrogen and oxygen atoms in total. The molecule has 0 unspecified atom stereocenters. The Morgan fingerprint density at radius 1 is 1.38 bits per heavy atom. The van der Waals surface area contributed by atoms with Gasteiger partial charge in [0.2, 0.25) is 0 Å². The molecule has 0 fully saturated rings. The van der Waals surface area contributed by atoms with E-state index in [1.165, 1.54) is 7.11 Å². The summed E-state index contributed by atoms with van der Waals surface area (Å²) in [6.45, 7) is 1.79. The number of carbonyl (C=O) groups is 2. The maximum atomic E-state index is 11.4. The highest BCUT2D eigenvalue weighted by molar-refractivity contribution is 6.27. The lowest BCUT2D eigenvalue weighted by Crippen LogP contribution is -2.09. The number of esters is 1. The predicted octanol–water partition coefficient (Wildman–Crippen LogP) is 2.13. The fourth-order valence-corrected chi connectivity index (χ4v) is 1.56. The van der Waals surface area contributed by atoms with Crippen LogP contribution < -0.4 is 0 Å². The summed E-state index contributed by atoms with van der Waals surface area (Å²) in [7, 11) is 1.33. The number of Topliss-reactive ketones (excluding diaryl/α,β-unsaturated/α-hetero) is 1. The number of alkyl halides is 1. The van der Waals surface area contributed by atoms with Crippen LogP contribution in [0.5, 0.6) is 0 Å². The zero-order valence-corrected chi connectivity index (χ0v) is 10.0. The van der Waals surface area contributed by atoms with Gasteiger partial charge in [-0.15, -0.1) is 11.6 Å². The summed E-state index contributed by atoms with van der Waals surface area (Å²) in [6.07, 6.45) is 0.250. The number of ketones is 1. The molecule has 0 aliphatic carbocycles. The fraction of sp³-hybridized carbons (Fsp3) is 0.333. The molecule has 1 aromatic rings. The van der Waals surface area contributed by atoms with E-state index in [2.05, 4.69) is 4.74 Å². The van der Waals surface area contributed by atoms with Crippen LogP contribution in [0.1, 0.15) is 21.5 Å². The van der Waals surface area contributed by atoms with E-state index in [1.54, 1.807) is 19.1 Å². The van der Waals surface area contributed by atoms with Crippen molar-refractivity contribution in [3.05, 3.63) is 34.9 Å². The third-order valence-corrected chi connectivity index (χ3v) is 2.69. The van der Waals surface area contributed by atoms with Crippen molar-refractivity contribution in [2.45, 2.75) is 13.3 Å². The number of rotatable bonds is 4. The SMILES string of the molecule is COC(=O)c1cccc(CC(=O)CCl)c1C. The lowest BCUT2D eigenvalue weighted by Gasteiger charge is -2.08.